The van der Waals surface area contributed by atoms with Gasteiger partial charge in [-0.25, -0.2) is 0 Å². The zero-order chi connectivity index (χ0) is 32.0. The minimum absolute atomic E-state index is 0.0526. The molecular formula is C31H44F3N5O4. The van der Waals surface area contributed by atoms with Crippen molar-refractivity contribution in [3.63, 3.8) is 0 Å². The van der Waals surface area contributed by atoms with E-state index in [1.165, 1.54) is 4.90 Å². The summed E-state index contributed by atoms with van der Waals surface area (Å²) in [6.45, 7) is 11.2. The van der Waals surface area contributed by atoms with Crippen molar-refractivity contribution in [2.45, 2.75) is 123 Å². The smallest absolute Gasteiger partial charge is 0.350 e. The largest absolute Gasteiger partial charge is 0.403 e. The van der Waals surface area contributed by atoms with Gasteiger partial charge in [0.05, 0.1) is 6.07 Å². The molecule has 2 heterocycles. The van der Waals surface area contributed by atoms with Crippen LogP contribution in [0.5, 0.6) is 0 Å². The normalized spacial score (nSPS) is 32.8. The number of likely N-dealkylation sites (tertiary alicyclic amines) is 1. The molecule has 0 aromatic rings. The first-order valence-corrected chi connectivity index (χ1v) is 15.4. The van der Waals surface area contributed by atoms with E-state index in [0.717, 1.165) is 12.8 Å². The number of carbonyl (C=O) groups excluding carboxylic acids is 4. The summed E-state index contributed by atoms with van der Waals surface area (Å²) >= 11 is 0. The highest BCUT2D eigenvalue weighted by molar-refractivity contribution is 5.96. The third-order valence-electron chi connectivity index (χ3n) is 11.8. The first kappa shape index (κ1) is 31.6. The molecule has 5 rings (SSSR count). The molecule has 0 aromatic carbocycles. The molecule has 5 fully saturated rings. The van der Waals surface area contributed by atoms with Crippen LogP contribution in [0.1, 0.15) is 92.9 Å². The Hall–Kier alpha value is -2.84. The molecule has 43 heavy (non-hydrogen) atoms. The molecule has 5 aliphatic rings. The summed E-state index contributed by atoms with van der Waals surface area (Å²) in [6, 6.07) is -1.15. The Labute approximate surface area is 251 Å². The number of nitriles is 1. The number of alkyl halides is 3. The van der Waals surface area contributed by atoms with Gasteiger partial charge in [-0.2, -0.15) is 18.4 Å². The monoisotopic (exact) mass is 607 g/mol. The number of hydrogen-bond acceptors (Lipinski definition) is 5. The lowest BCUT2D eigenvalue weighted by molar-refractivity contribution is -0.221. The van der Waals surface area contributed by atoms with Crippen LogP contribution in [0.25, 0.3) is 0 Å². The number of amides is 4. The first-order chi connectivity index (χ1) is 19.7. The van der Waals surface area contributed by atoms with Gasteiger partial charge in [0.15, 0.2) is 0 Å². The molecule has 1 unspecified atom stereocenters. The summed E-state index contributed by atoms with van der Waals surface area (Å²) in [4.78, 5) is 55.4. The molecule has 1 spiro atoms. The topological polar surface area (TPSA) is 131 Å². The summed E-state index contributed by atoms with van der Waals surface area (Å²) in [5.41, 5.74) is -4.61. The van der Waals surface area contributed by atoms with E-state index in [1.807, 2.05) is 20.8 Å². The summed E-state index contributed by atoms with van der Waals surface area (Å²) < 4.78 is 42.6. The van der Waals surface area contributed by atoms with Crippen LogP contribution in [0.4, 0.5) is 13.2 Å². The molecule has 12 heteroatoms. The predicted molar refractivity (Wildman–Crippen MR) is 150 cm³/mol. The Morgan fingerprint density at radius 3 is 2.16 bits per heavy atom. The Balaban J connectivity index is 1.37. The lowest BCUT2D eigenvalue weighted by atomic mass is 9.80. The van der Waals surface area contributed by atoms with E-state index >= 15 is 0 Å². The predicted octanol–water partition coefficient (Wildman–Crippen LogP) is 3.58. The van der Waals surface area contributed by atoms with Gasteiger partial charge in [-0.3, -0.25) is 19.2 Å². The molecule has 3 saturated carbocycles. The van der Waals surface area contributed by atoms with Crippen LogP contribution in [0.2, 0.25) is 0 Å². The van der Waals surface area contributed by atoms with E-state index in [1.54, 1.807) is 20.8 Å². The fraction of sp³-hybridized carbons (Fsp3) is 0.839. The number of hydrogen-bond donors (Lipinski definition) is 3. The van der Waals surface area contributed by atoms with Crippen LogP contribution >= 0.6 is 0 Å². The maximum absolute atomic E-state index is 14.2. The lowest BCUT2D eigenvalue weighted by Gasteiger charge is -2.41. The number of rotatable bonds is 7. The molecule has 0 radical (unpaired) electrons. The second-order valence-electron chi connectivity index (χ2n) is 15.6. The average molecular weight is 608 g/mol. The second kappa shape index (κ2) is 9.83. The molecule has 9 nitrogen and oxygen atoms in total. The van der Waals surface area contributed by atoms with E-state index in [9.17, 15) is 37.6 Å². The first-order valence-electron chi connectivity index (χ1n) is 15.4. The van der Waals surface area contributed by atoms with Gasteiger partial charge in [0, 0.05) is 23.4 Å². The second-order valence-corrected chi connectivity index (χ2v) is 15.6. The van der Waals surface area contributed by atoms with E-state index < -0.39 is 64.2 Å². The van der Waals surface area contributed by atoms with Crippen molar-refractivity contribution in [2.24, 2.45) is 33.5 Å². The van der Waals surface area contributed by atoms with Crippen molar-refractivity contribution >= 4 is 23.6 Å². The standard InChI is InChI=1S/C31H44F3N5O4/c1-26(2,3)20(37-25(43)30(31(32,33)34)9-7-8-10-30)24(42)39-16-19-27(4,5)28(19,6)21(39)23(41)36-18(15-35)13-17-14-29(11-12-29)38-22(17)40/h17-21H,7-14,16H2,1-6H3,(H,36,41)(H,37,43)(H,38,40)/t17-,18+,19-,20-,21-,28?/m1/s1. The highest BCUT2D eigenvalue weighted by Gasteiger charge is 2.78. The molecule has 0 bridgehead atoms. The van der Waals surface area contributed by atoms with Crippen LogP contribution in [-0.2, 0) is 19.2 Å². The third kappa shape index (κ3) is 4.89. The van der Waals surface area contributed by atoms with E-state index in [-0.39, 0.29) is 61.4 Å². The van der Waals surface area contributed by atoms with Crippen molar-refractivity contribution in [3.8, 4) is 6.07 Å². The van der Waals surface area contributed by atoms with Crippen LogP contribution in [0.3, 0.4) is 0 Å². The molecule has 6 atom stereocenters. The maximum Gasteiger partial charge on any atom is 0.403 e. The Morgan fingerprint density at radius 2 is 1.67 bits per heavy atom. The Kier molecular flexibility index (Phi) is 7.22. The number of carbonyl (C=O) groups is 4. The van der Waals surface area contributed by atoms with Crippen LogP contribution in [0.15, 0.2) is 0 Å². The molecule has 2 saturated heterocycles. The van der Waals surface area contributed by atoms with Gasteiger partial charge >= 0.3 is 6.18 Å². The van der Waals surface area contributed by atoms with Crippen molar-refractivity contribution in [1.82, 2.24) is 20.9 Å². The van der Waals surface area contributed by atoms with Gasteiger partial charge in [-0.1, -0.05) is 54.4 Å². The van der Waals surface area contributed by atoms with Crippen molar-refractivity contribution < 1.29 is 32.3 Å². The molecule has 4 amide bonds. The third-order valence-corrected chi connectivity index (χ3v) is 11.8. The van der Waals surface area contributed by atoms with E-state index in [4.69, 9.17) is 0 Å². The minimum Gasteiger partial charge on any atom is -0.350 e. The van der Waals surface area contributed by atoms with Gasteiger partial charge in [-0.05, 0) is 55.3 Å². The molecule has 238 valence electrons. The summed E-state index contributed by atoms with van der Waals surface area (Å²) in [6.07, 6.45) is -2.28. The Bertz CT molecular complexity index is 1260. The highest BCUT2D eigenvalue weighted by atomic mass is 19.4. The number of nitrogens with one attached hydrogen (secondary N) is 3. The van der Waals surface area contributed by atoms with Gasteiger partial charge in [-0.15, -0.1) is 0 Å². The van der Waals surface area contributed by atoms with Crippen molar-refractivity contribution in [1.29, 1.82) is 5.26 Å². The molecule has 3 aliphatic carbocycles. The van der Waals surface area contributed by atoms with Crippen molar-refractivity contribution in [3.05, 3.63) is 0 Å². The zero-order valence-electron chi connectivity index (χ0n) is 25.9. The summed E-state index contributed by atoms with van der Waals surface area (Å²) in [7, 11) is 0. The number of nitrogens with zero attached hydrogens (tertiary/aromatic N) is 2. The summed E-state index contributed by atoms with van der Waals surface area (Å²) in [5.74, 6) is -2.91. The number of piperidine rings is 1. The SMILES string of the molecule is CC(C)(C)[C@H](NC(=O)C1(C(F)(F)F)CCCC1)C(=O)N1C[C@@H]2C(C)(C)C2(C)[C@H]1C(=O)N[C@H](C#N)C[C@@H]1CC2(CC2)NC1=O. The van der Waals surface area contributed by atoms with Crippen LogP contribution in [-0.4, -0.2) is 64.9 Å². The molecular weight excluding hydrogens is 563 g/mol. The maximum atomic E-state index is 14.2. The number of halogens is 3. The van der Waals surface area contributed by atoms with E-state index in [2.05, 4.69) is 22.0 Å². The molecule has 3 N–H and O–H groups in total. The molecule has 0 aromatic heterocycles. The van der Waals surface area contributed by atoms with Gasteiger partial charge in [0.1, 0.15) is 23.5 Å². The fourth-order valence-corrected chi connectivity index (χ4v) is 8.39. The average Bonchev–Trinajstić information content (AvgIpc) is 3.41. The summed E-state index contributed by atoms with van der Waals surface area (Å²) in [5, 5.41) is 18.2. The van der Waals surface area contributed by atoms with Gasteiger partial charge < -0.3 is 20.9 Å². The van der Waals surface area contributed by atoms with Gasteiger partial charge in [0.25, 0.3) is 0 Å². The minimum atomic E-state index is -4.75. The van der Waals surface area contributed by atoms with E-state index in [0.29, 0.717) is 6.42 Å². The quantitative estimate of drug-likeness (QED) is 0.407. The van der Waals surface area contributed by atoms with Crippen LogP contribution in [0, 0.1) is 44.8 Å². The number of fused-ring (bicyclic) bond motifs is 1. The van der Waals surface area contributed by atoms with Crippen molar-refractivity contribution in [2.75, 3.05) is 6.54 Å². The lowest BCUT2D eigenvalue weighted by Crippen LogP contribution is -2.63. The Morgan fingerprint density at radius 1 is 1.07 bits per heavy atom. The fourth-order valence-electron chi connectivity index (χ4n) is 8.39. The van der Waals surface area contributed by atoms with Crippen LogP contribution < -0.4 is 16.0 Å². The highest BCUT2D eigenvalue weighted by Crippen LogP contribution is 2.74. The molecule has 2 aliphatic heterocycles. The zero-order valence-corrected chi connectivity index (χ0v) is 25.9. The van der Waals surface area contributed by atoms with Gasteiger partial charge in [0.2, 0.25) is 23.6 Å².